The van der Waals surface area contributed by atoms with Crippen molar-refractivity contribution in [3.05, 3.63) is 71.4 Å². The molecule has 0 bridgehead atoms. The van der Waals surface area contributed by atoms with E-state index in [0.717, 1.165) is 46.2 Å². The number of benzene rings is 2. The van der Waals surface area contributed by atoms with Crippen LogP contribution in [-0.2, 0) is 36.7 Å². The van der Waals surface area contributed by atoms with Crippen LogP contribution in [0.15, 0.2) is 54.7 Å². The number of aromatic nitrogens is 1. The molecule has 4 rings (SSSR count). The van der Waals surface area contributed by atoms with Crippen molar-refractivity contribution in [1.29, 1.82) is 0 Å². The Bertz CT molecular complexity index is 1490. The van der Waals surface area contributed by atoms with Gasteiger partial charge in [0.05, 0.1) is 6.04 Å². The molecule has 4 amide bonds. The van der Waals surface area contributed by atoms with Crippen LogP contribution in [0.2, 0.25) is 0 Å². The van der Waals surface area contributed by atoms with Crippen LogP contribution in [0, 0.1) is 0 Å². The molecule has 1 aliphatic carbocycles. The van der Waals surface area contributed by atoms with Gasteiger partial charge in [-0.05, 0) is 55.4 Å². The number of carboxylic acid groups (broad SMARTS) is 1. The van der Waals surface area contributed by atoms with Gasteiger partial charge in [0.2, 0.25) is 17.7 Å². The number of para-hydroxylation sites is 1. The maximum Gasteiger partial charge on any atom is 0.407 e. The smallest absolute Gasteiger partial charge is 0.407 e. The first kappa shape index (κ1) is 33.5. The van der Waals surface area contributed by atoms with Crippen LogP contribution >= 0.6 is 0 Å². The molecule has 0 saturated carbocycles. The number of likely N-dealkylation sites (N-methyl/N-ethyl adjacent to an activating group) is 1. The van der Waals surface area contributed by atoms with Gasteiger partial charge in [-0.15, -0.1) is 0 Å². The number of hydrogen-bond donors (Lipinski definition) is 5. The van der Waals surface area contributed by atoms with Crippen molar-refractivity contribution in [2.45, 2.75) is 75.9 Å². The molecule has 45 heavy (non-hydrogen) atoms. The Hall–Kier alpha value is -4.42. The number of amides is 4. The number of H-pyrrole nitrogens is 1. The van der Waals surface area contributed by atoms with E-state index in [4.69, 9.17) is 9.47 Å². The Morgan fingerprint density at radius 1 is 0.956 bits per heavy atom. The van der Waals surface area contributed by atoms with Crippen molar-refractivity contribution in [2.24, 2.45) is 0 Å². The van der Waals surface area contributed by atoms with Crippen molar-refractivity contribution in [3.8, 4) is 0 Å². The molecule has 5 N–H and O–H groups in total. The van der Waals surface area contributed by atoms with Gasteiger partial charge in [0.25, 0.3) is 0 Å². The lowest BCUT2D eigenvalue weighted by atomic mass is 9.87. The van der Waals surface area contributed by atoms with E-state index in [-0.39, 0.29) is 24.8 Å². The zero-order valence-electron chi connectivity index (χ0n) is 26.2. The van der Waals surface area contributed by atoms with E-state index in [1.807, 2.05) is 42.5 Å². The first-order valence-electron chi connectivity index (χ1n) is 15.2. The van der Waals surface area contributed by atoms with E-state index in [2.05, 4.69) is 27.0 Å². The number of fused-ring (bicyclic) bond motifs is 2. The highest BCUT2D eigenvalue weighted by Crippen LogP contribution is 2.29. The molecule has 3 aromatic rings. The average Bonchev–Trinajstić information content (AvgIpc) is 3.46. The molecular formula is C33H43N5O7. The molecule has 0 saturated heterocycles. The summed E-state index contributed by atoms with van der Waals surface area (Å²) in [6, 6.07) is 12.3. The Labute approximate surface area is 262 Å². The van der Waals surface area contributed by atoms with Crippen LogP contribution in [0.3, 0.4) is 0 Å². The van der Waals surface area contributed by atoms with Gasteiger partial charge >= 0.3 is 6.09 Å². The van der Waals surface area contributed by atoms with Crippen molar-refractivity contribution < 1.29 is 33.8 Å². The second kappa shape index (κ2) is 15.5. The lowest BCUT2D eigenvalue weighted by Crippen LogP contribution is -2.57. The Morgan fingerprint density at radius 3 is 2.38 bits per heavy atom. The minimum absolute atomic E-state index is 0.105. The van der Waals surface area contributed by atoms with E-state index in [9.17, 15) is 24.3 Å². The highest BCUT2D eigenvalue weighted by atomic mass is 16.7. The number of hydrogen-bond acceptors (Lipinski definition) is 6. The number of aryl methyl sites for hydroxylation is 1. The van der Waals surface area contributed by atoms with Crippen molar-refractivity contribution >= 4 is 34.7 Å². The summed E-state index contributed by atoms with van der Waals surface area (Å²) >= 11 is 0. The number of methoxy groups -OCH3 is 2. The number of nitrogens with one attached hydrogen (secondary N) is 4. The van der Waals surface area contributed by atoms with Crippen LogP contribution in [0.5, 0.6) is 0 Å². The molecule has 0 fully saturated rings. The highest BCUT2D eigenvalue weighted by Gasteiger charge is 2.32. The summed E-state index contributed by atoms with van der Waals surface area (Å²) in [5.41, 5.74) is 3.90. The normalized spacial score (nSPS) is 16.3. The van der Waals surface area contributed by atoms with Crippen LogP contribution in [0.4, 0.5) is 4.79 Å². The fraction of sp³-hybridized carbons (Fsp3) is 0.455. The topological polar surface area (TPSA) is 162 Å². The molecule has 0 radical (unpaired) electrons. The molecule has 1 aromatic heterocycles. The van der Waals surface area contributed by atoms with Gasteiger partial charge in [-0.2, -0.15) is 0 Å². The zero-order chi connectivity index (χ0) is 32.5. The van der Waals surface area contributed by atoms with Gasteiger partial charge in [-0.25, -0.2) is 4.79 Å². The van der Waals surface area contributed by atoms with Crippen molar-refractivity contribution in [3.63, 3.8) is 0 Å². The molecule has 12 heteroatoms. The fourth-order valence-corrected chi connectivity index (χ4v) is 5.72. The van der Waals surface area contributed by atoms with Gasteiger partial charge in [0, 0.05) is 51.2 Å². The van der Waals surface area contributed by atoms with E-state index in [1.165, 1.54) is 33.8 Å². The number of carbonyl (C=O) groups excluding carboxylic acids is 3. The summed E-state index contributed by atoms with van der Waals surface area (Å²) < 4.78 is 10.7. The molecule has 12 nitrogen and oxygen atoms in total. The van der Waals surface area contributed by atoms with Crippen LogP contribution in [0.1, 0.15) is 55.3 Å². The average molecular weight is 622 g/mol. The Morgan fingerprint density at radius 2 is 1.64 bits per heavy atom. The standard InChI is InChI=1S/C33H43N5O7/c1-20(38(2)33(42)43)30(39)37-28(18-22-19-34-25-14-8-7-13-24(22)25)32(41)36-27(16-17-29(44-3)45-4)31(40)35-26-15-9-11-21-10-5-6-12-23(21)26/h5-8,10,12-14,19-20,26-29,34H,9,11,15-18H2,1-4H3,(H,35,40)(H,36,41)(H,37,39)(H,42,43)/t20-,26+,27?,28-/m0/s1. The number of carbonyl (C=O) groups is 4. The molecular weight excluding hydrogens is 578 g/mol. The number of nitrogens with zero attached hydrogens (tertiary/aromatic N) is 1. The molecule has 0 aliphatic heterocycles. The maximum absolute atomic E-state index is 13.9. The van der Waals surface area contributed by atoms with Gasteiger partial charge < -0.3 is 35.5 Å². The van der Waals surface area contributed by atoms with E-state index < -0.39 is 42.3 Å². The van der Waals surface area contributed by atoms with Gasteiger partial charge in [0.1, 0.15) is 18.1 Å². The maximum atomic E-state index is 13.9. The fourth-order valence-electron chi connectivity index (χ4n) is 5.72. The van der Waals surface area contributed by atoms with Crippen LogP contribution in [-0.4, -0.2) is 84.5 Å². The minimum Gasteiger partial charge on any atom is -0.465 e. The summed E-state index contributed by atoms with van der Waals surface area (Å²) in [5.74, 6) is -1.57. The molecule has 242 valence electrons. The second-order valence-corrected chi connectivity index (χ2v) is 11.4. The van der Waals surface area contributed by atoms with Gasteiger partial charge in [0.15, 0.2) is 6.29 Å². The zero-order valence-corrected chi connectivity index (χ0v) is 26.2. The van der Waals surface area contributed by atoms with Crippen LogP contribution < -0.4 is 16.0 Å². The third-order valence-electron chi connectivity index (χ3n) is 8.53. The summed E-state index contributed by atoms with van der Waals surface area (Å²) in [6.07, 6.45) is 3.20. The summed E-state index contributed by atoms with van der Waals surface area (Å²) in [4.78, 5) is 56.4. The van der Waals surface area contributed by atoms with E-state index >= 15 is 0 Å². The molecule has 4 atom stereocenters. The third-order valence-corrected chi connectivity index (χ3v) is 8.53. The number of aromatic amines is 1. The Balaban J connectivity index is 1.58. The molecule has 0 spiro atoms. The second-order valence-electron chi connectivity index (χ2n) is 11.4. The summed E-state index contributed by atoms with van der Waals surface area (Å²) in [5, 5.41) is 19.0. The van der Waals surface area contributed by atoms with Gasteiger partial charge in [-0.3, -0.25) is 19.3 Å². The summed E-state index contributed by atoms with van der Waals surface area (Å²) in [6.45, 7) is 1.44. The monoisotopic (exact) mass is 621 g/mol. The first-order valence-corrected chi connectivity index (χ1v) is 15.2. The first-order chi connectivity index (χ1) is 21.6. The predicted molar refractivity (Wildman–Crippen MR) is 168 cm³/mol. The number of ether oxygens (including phenoxy) is 2. The van der Waals surface area contributed by atoms with E-state index in [0.29, 0.717) is 6.42 Å². The van der Waals surface area contributed by atoms with Crippen molar-refractivity contribution in [1.82, 2.24) is 25.8 Å². The van der Waals surface area contributed by atoms with Crippen LogP contribution in [0.25, 0.3) is 10.9 Å². The van der Waals surface area contributed by atoms with Crippen molar-refractivity contribution in [2.75, 3.05) is 21.3 Å². The minimum atomic E-state index is -1.28. The molecule has 1 aliphatic rings. The molecule has 1 heterocycles. The lowest BCUT2D eigenvalue weighted by Gasteiger charge is -2.30. The molecule has 2 aromatic carbocycles. The summed E-state index contributed by atoms with van der Waals surface area (Å²) in [7, 11) is 4.29. The number of rotatable bonds is 14. The third kappa shape index (κ3) is 8.40. The molecule has 1 unspecified atom stereocenters. The van der Waals surface area contributed by atoms with E-state index in [1.54, 1.807) is 6.20 Å². The quantitative estimate of drug-likeness (QED) is 0.173. The predicted octanol–water partition coefficient (Wildman–Crippen LogP) is 3.27. The highest BCUT2D eigenvalue weighted by molar-refractivity contribution is 5.94. The SMILES string of the molecule is COC(CCC(NC(=O)[C@H](Cc1c[nH]c2ccccc12)NC(=O)[C@H](C)N(C)C(=O)O)C(=O)N[C@@H]1CCCc2ccccc21)OC. The van der Waals surface area contributed by atoms with Gasteiger partial charge in [-0.1, -0.05) is 42.5 Å². The Kier molecular flexibility index (Phi) is 11.6. The largest absolute Gasteiger partial charge is 0.465 e. The lowest BCUT2D eigenvalue weighted by molar-refractivity contribution is -0.134.